The van der Waals surface area contributed by atoms with Gasteiger partial charge in [0.25, 0.3) is 0 Å². The van der Waals surface area contributed by atoms with E-state index >= 15 is 0 Å². The smallest absolute Gasteiger partial charge is 0.325 e. The minimum atomic E-state index is -1.04. The predicted octanol–water partition coefficient (Wildman–Crippen LogP) is -0.798. The number of carbonyl (C=O) groups excluding carboxylic acids is 1. The Kier molecular flexibility index (Phi) is 3.29. The molecule has 14 heavy (non-hydrogen) atoms. The Morgan fingerprint density at radius 1 is 1.64 bits per heavy atom. The number of amides is 2. The summed E-state index contributed by atoms with van der Waals surface area (Å²) in [7, 11) is 0. The average molecular weight is 201 g/mol. The molecule has 1 aliphatic rings. The van der Waals surface area contributed by atoms with E-state index in [1.807, 2.05) is 0 Å². The van der Waals surface area contributed by atoms with Crippen LogP contribution in [0.3, 0.4) is 0 Å². The molecule has 4 N–H and O–H groups in total. The van der Waals surface area contributed by atoms with Gasteiger partial charge in [-0.25, -0.2) is 4.79 Å². The quantitative estimate of drug-likeness (QED) is 0.545. The standard InChI is InChI=1S/C8H15N3O3/c1-5(7(12)13)10-8(14)11-3-2-6(9)4-11/h5-6H,2-4,9H2,1H3,(H,10,14)(H,12,13)/t5-,6?/m0/s1. The van der Waals surface area contributed by atoms with Gasteiger partial charge in [0.2, 0.25) is 0 Å². The van der Waals surface area contributed by atoms with Gasteiger partial charge in [0.1, 0.15) is 6.04 Å². The topological polar surface area (TPSA) is 95.7 Å². The zero-order valence-electron chi connectivity index (χ0n) is 8.06. The molecule has 0 aliphatic carbocycles. The van der Waals surface area contributed by atoms with Crippen LogP contribution in [0.25, 0.3) is 0 Å². The van der Waals surface area contributed by atoms with E-state index in [0.29, 0.717) is 13.1 Å². The van der Waals surface area contributed by atoms with Crippen molar-refractivity contribution in [1.29, 1.82) is 0 Å². The number of hydrogen-bond donors (Lipinski definition) is 3. The number of hydrogen-bond acceptors (Lipinski definition) is 3. The maximum Gasteiger partial charge on any atom is 0.325 e. The van der Waals surface area contributed by atoms with Crippen LogP contribution in [0.5, 0.6) is 0 Å². The van der Waals surface area contributed by atoms with Gasteiger partial charge in [0.05, 0.1) is 0 Å². The number of carboxylic acid groups (broad SMARTS) is 1. The Hall–Kier alpha value is -1.30. The van der Waals surface area contributed by atoms with Gasteiger partial charge < -0.3 is 21.1 Å². The lowest BCUT2D eigenvalue weighted by Crippen LogP contribution is -2.46. The predicted molar refractivity (Wildman–Crippen MR) is 49.8 cm³/mol. The summed E-state index contributed by atoms with van der Waals surface area (Å²) in [5.74, 6) is -1.04. The number of likely N-dealkylation sites (tertiary alicyclic amines) is 1. The molecule has 0 spiro atoms. The average Bonchev–Trinajstić information content (AvgIpc) is 2.51. The molecule has 6 nitrogen and oxygen atoms in total. The first-order valence-corrected chi connectivity index (χ1v) is 4.54. The van der Waals surface area contributed by atoms with E-state index in [1.54, 1.807) is 0 Å². The SMILES string of the molecule is C[C@H](NC(=O)N1CCC(N)C1)C(=O)O. The Bertz CT molecular complexity index is 244. The van der Waals surface area contributed by atoms with Crippen molar-refractivity contribution in [2.45, 2.75) is 25.4 Å². The molecule has 1 fully saturated rings. The highest BCUT2D eigenvalue weighted by Gasteiger charge is 2.25. The van der Waals surface area contributed by atoms with Gasteiger partial charge in [0, 0.05) is 19.1 Å². The zero-order chi connectivity index (χ0) is 10.7. The molecule has 80 valence electrons. The number of aliphatic carboxylic acids is 1. The highest BCUT2D eigenvalue weighted by Crippen LogP contribution is 2.06. The number of carbonyl (C=O) groups is 2. The number of nitrogens with zero attached hydrogens (tertiary/aromatic N) is 1. The third-order valence-electron chi connectivity index (χ3n) is 2.22. The summed E-state index contributed by atoms with van der Waals surface area (Å²) in [5.41, 5.74) is 5.62. The third kappa shape index (κ3) is 2.59. The highest BCUT2D eigenvalue weighted by molar-refractivity contribution is 5.82. The van der Waals surface area contributed by atoms with Crippen LogP contribution in [0.15, 0.2) is 0 Å². The first-order chi connectivity index (χ1) is 6.50. The van der Waals surface area contributed by atoms with Crippen LogP contribution >= 0.6 is 0 Å². The Labute approximate surface area is 82.1 Å². The van der Waals surface area contributed by atoms with Crippen LogP contribution in [0.1, 0.15) is 13.3 Å². The van der Waals surface area contributed by atoms with E-state index in [-0.39, 0.29) is 12.1 Å². The van der Waals surface area contributed by atoms with Crippen molar-refractivity contribution in [3.8, 4) is 0 Å². The summed E-state index contributed by atoms with van der Waals surface area (Å²) in [6.07, 6.45) is 0.773. The van der Waals surface area contributed by atoms with Crippen molar-refractivity contribution >= 4 is 12.0 Å². The number of nitrogens with two attached hydrogens (primary N) is 1. The molecular weight excluding hydrogens is 186 g/mol. The van der Waals surface area contributed by atoms with E-state index in [9.17, 15) is 9.59 Å². The van der Waals surface area contributed by atoms with Crippen molar-refractivity contribution in [3.63, 3.8) is 0 Å². The van der Waals surface area contributed by atoms with E-state index in [1.165, 1.54) is 11.8 Å². The lowest BCUT2D eigenvalue weighted by molar-refractivity contribution is -0.138. The molecule has 0 aromatic rings. The summed E-state index contributed by atoms with van der Waals surface area (Å²) < 4.78 is 0. The minimum Gasteiger partial charge on any atom is -0.480 e. The molecule has 0 saturated carbocycles. The van der Waals surface area contributed by atoms with Gasteiger partial charge in [-0.3, -0.25) is 4.79 Å². The fraction of sp³-hybridized carbons (Fsp3) is 0.750. The fourth-order valence-electron chi connectivity index (χ4n) is 1.31. The zero-order valence-corrected chi connectivity index (χ0v) is 8.06. The summed E-state index contributed by atoms with van der Waals surface area (Å²) in [6.45, 7) is 2.52. The lowest BCUT2D eigenvalue weighted by atomic mass is 10.3. The fourth-order valence-corrected chi connectivity index (χ4v) is 1.31. The summed E-state index contributed by atoms with van der Waals surface area (Å²) in [5, 5.41) is 10.9. The first-order valence-electron chi connectivity index (χ1n) is 4.54. The molecule has 1 saturated heterocycles. The number of nitrogens with one attached hydrogen (secondary N) is 1. The van der Waals surface area contributed by atoms with Crippen LogP contribution < -0.4 is 11.1 Å². The summed E-state index contributed by atoms with van der Waals surface area (Å²) in [6, 6.07) is -1.20. The minimum absolute atomic E-state index is 0.0147. The number of rotatable bonds is 2. The molecule has 0 aromatic carbocycles. The monoisotopic (exact) mass is 201 g/mol. The molecule has 0 bridgehead atoms. The van der Waals surface area contributed by atoms with Crippen LogP contribution in [-0.4, -0.2) is 47.2 Å². The van der Waals surface area contributed by atoms with Crippen molar-refractivity contribution < 1.29 is 14.7 Å². The van der Waals surface area contributed by atoms with Crippen molar-refractivity contribution in [2.24, 2.45) is 5.73 Å². The largest absolute Gasteiger partial charge is 0.480 e. The number of carboxylic acids is 1. The summed E-state index contributed by atoms with van der Waals surface area (Å²) >= 11 is 0. The Morgan fingerprint density at radius 3 is 2.71 bits per heavy atom. The summed E-state index contributed by atoms with van der Waals surface area (Å²) in [4.78, 5) is 23.4. The van der Waals surface area contributed by atoms with Gasteiger partial charge in [0.15, 0.2) is 0 Å². The van der Waals surface area contributed by atoms with E-state index in [2.05, 4.69) is 5.32 Å². The normalized spacial score (nSPS) is 23.3. The molecule has 1 heterocycles. The first kappa shape index (κ1) is 10.8. The Balaban J connectivity index is 2.39. The molecule has 1 rings (SSSR count). The van der Waals surface area contributed by atoms with Gasteiger partial charge in [-0.15, -0.1) is 0 Å². The van der Waals surface area contributed by atoms with Crippen molar-refractivity contribution in [3.05, 3.63) is 0 Å². The molecule has 1 aliphatic heterocycles. The third-order valence-corrected chi connectivity index (χ3v) is 2.22. The second-order valence-electron chi connectivity index (χ2n) is 3.50. The molecular formula is C8H15N3O3. The Morgan fingerprint density at radius 2 is 2.29 bits per heavy atom. The van der Waals surface area contributed by atoms with E-state index < -0.39 is 12.0 Å². The van der Waals surface area contributed by atoms with Gasteiger partial charge in [-0.1, -0.05) is 0 Å². The molecule has 0 aromatic heterocycles. The van der Waals surface area contributed by atoms with E-state index in [0.717, 1.165) is 6.42 Å². The van der Waals surface area contributed by atoms with Gasteiger partial charge >= 0.3 is 12.0 Å². The second kappa shape index (κ2) is 4.28. The second-order valence-corrected chi connectivity index (χ2v) is 3.50. The van der Waals surface area contributed by atoms with Crippen molar-refractivity contribution in [2.75, 3.05) is 13.1 Å². The van der Waals surface area contributed by atoms with Crippen LogP contribution in [0, 0.1) is 0 Å². The van der Waals surface area contributed by atoms with Gasteiger partial charge in [-0.05, 0) is 13.3 Å². The lowest BCUT2D eigenvalue weighted by Gasteiger charge is -2.18. The van der Waals surface area contributed by atoms with Crippen LogP contribution in [-0.2, 0) is 4.79 Å². The van der Waals surface area contributed by atoms with Crippen LogP contribution in [0.2, 0.25) is 0 Å². The molecule has 2 amide bonds. The molecule has 2 atom stereocenters. The molecule has 6 heteroatoms. The maximum absolute atomic E-state index is 11.4. The maximum atomic E-state index is 11.4. The number of urea groups is 1. The molecule has 0 radical (unpaired) electrons. The molecule has 1 unspecified atom stereocenters. The highest BCUT2D eigenvalue weighted by atomic mass is 16.4. The van der Waals surface area contributed by atoms with E-state index in [4.69, 9.17) is 10.8 Å². The van der Waals surface area contributed by atoms with Crippen LogP contribution in [0.4, 0.5) is 4.79 Å². The van der Waals surface area contributed by atoms with Gasteiger partial charge in [-0.2, -0.15) is 0 Å². The van der Waals surface area contributed by atoms with Crippen molar-refractivity contribution in [1.82, 2.24) is 10.2 Å².